The van der Waals surface area contributed by atoms with Crippen LogP contribution in [0.25, 0.3) is 0 Å². The fourth-order valence-electron chi connectivity index (χ4n) is 7.91. The number of nitrogens with one attached hydrogen (secondary N) is 8. The second kappa shape index (κ2) is 22.5. The standard InChI is InChI=1S/C46H58N10O8S2/c1-25(29-14-9-7-10-15-29)49-41(61)35-21-33-23-55(35)45(63)43(53-37(57)27(3)47-5)65-66-44(54-38(58)28(4)48-6)46(64)56-24-34(52-40(60)32-19-13-18-31(20-32)39(59)51-33)22-36(56)42(62)50-26(2)30-16-11-8-12-17-30/h7-20,25-28,33-36,43-44,47-48H,21-24H2,1-6H3,(H,49,61)(H,50,62)(H,51,59)(H,52,60)(H,53,57)(H,54,58)/t25-,26-,27+,28+,33+,34+,35+,36+,43+,44?/m1/s1. The number of amides is 8. The molecule has 2 saturated heterocycles. The van der Waals surface area contributed by atoms with Crippen molar-refractivity contribution in [2.75, 3.05) is 27.2 Å². The predicted molar refractivity (Wildman–Crippen MR) is 251 cm³/mol. The van der Waals surface area contributed by atoms with Gasteiger partial charge in [0.1, 0.15) is 12.1 Å². The van der Waals surface area contributed by atoms with Crippen molar-refractivity contribution in [1.82, 2.24) is 52.3 Å². The average Bonchev–Trinajstić information content (AvgIpc) is 3.96. The zero-order valence-electron chi connectivity index (χ0n) is 37.7. The zero-order chi connectivity index (χ0) is 47.7. The fraction of sp³-hybridized carbons (Fsp3) is 0.435. The molecule has 6 bridgehead atoms. The van der Waals surface area contributed by atoms with E-state index in [2.05, 4.69) is 42.5 Å². The number of carbonyl (C=O) groups excluding carboxylic acids is 8. The summed E-state index contributed by atoms with van der Waals surface area (Å²) in [6.07, 6.45) is 0.0247. The first-order valence-corrected chi connectivity index (χ1v) is 24.2. The molecule has 1 unspecified atom stereocenters. The van der Waals surface area contributed by atoms with Crippen LogP contribution in [0, 0.1) is 0 Å². The van der Waals surface area contributed by atoms with Crippen molar-refractivity contribution >= 4 is 68.8 Å². The van der Waals surface area contributed by atoms with Crippen LogP contribution in [0.2, 0.25) is 0 Å². The fourth-order valence-corrected chi connectivity index (χ4v) is 10.3. The molecule has 8 N–H and O–H groups in total. The number of hydrogen-bond acceptors (Lipinski definition) is 12. The van der Waals surface area contributed by atoms with Gasteiger partial charge in [0.25, 0.3) is 23.6 Å². The molecular weight excluding hydrogens is 885 g/mol. The van der Waals surface area contributed by atoms with Crippen molar-refractivity contribution in [3.8, 4) is 0 Å². The molecular formula is C46H58N10O8S2. The number of fused-ring (bicyclic) bond motifs is 6. The van der Waals surface area contributed by atoms with E-state index in [4.69, 9.17) is 0 Å². The number of nitrogens with zero attached hydrogens (tertiary/aromatic N) is 2. The summed E-state index contributed by atoms with van der Waals surface area (Å²) in [7, 11) is 4.73. The Balaban J connectivity index is 1.40. The molecule has 6 rings (SSSR count). The van der Waals surface area contributed by atoms with Crippen molar-refractivity contribution in [3.05, 3.63) is 107 Å². The van der Waals surface area contributed by atoms with Crippen LogP contribution in [-0.2, 0) is 28.8 Å². The molecule has 352 valence electrons. The van der Waals surface area contributed by atoms with E-state index in [1.54, 1.807) is 47.9 Å². The molecule has 0 radical (unpaired) electrons. The molecule has 3 aromatic carbocycles. The Kier molecular flexibility index (Phi) is 16.9. The summed E-state index contributed by atoms with van der Waals surface area (Å²) in [5.41, 5.74) is 1.93. The maximum atomic E-state index is 14.9. The van der Waals surface area contributed by atoms with Gasteiger partial charge in [-0.05, 0) is 84.0 Å². The maximum Gasteiger partial charge on any atom is 0.257 e. The van der Waals surface area contributed by atoms with Crippen molar-refractivity contribution in [3.63, 3.8) is 0 Å². The molecule has 3 aliphatic rings. The average molecular weight is 943 g/mol. The lowest BCUT2D eigenvalue weighted by Crippen LogP contribution is -2.56. The SMILES string of the molecule is CN[C@@H](C)C(=O)NC1SS[C@H](NC(=O)[C@H](C)NC)C(=O)N2C[C@H](C[C@H]2C(=O)N[C@H](C)c2ccccc2)NC(=O)c2cccc(c2)C(=O)N[C@H]2C[C@@H](C(=O)N[C@H](C)c3ccccc3)N(C2)C1=O. The normalized spacial score (nSPS) is 24.3. The molecule has 0 aliphatic carbocycles. The van der Waals surface area contributed by atoms with Crippen molar-refractivity contribution < 1.29 is 38.4 Å². The third-order valence-corrected chi connectivity index (χ3v) is 14.7. The molecule has 18 nitrogen and oxygen atoms in total. The van der Waals surface area contributed by atoms with Gasteiger partial charge in [-0.2, -0.15) is 0 Å². The van der Waals surface area contributed by atoms with Crippen LogP contribution in [-0.4, -0.2) is 131 Å². The number of benzene rings is 3. The number of likely N-dealkylation sites (N-methyl/N-ethyl adjacent to an activating group) is 2. The van der Waals surface area contributed by atoms with Crippen LogP contribution in [0.4, 0.5) is 0 Å². The van der Waals surface area contributed by atoms with E-state index in [9.17, 15) is 38.4 Å². The van der Waals surface area contributed by atoms with E-state index in [-0.39, 0.29) is 37.1 Å². The van der Waals surface area contributed by atoms with E-state index in [1.165, 1.54) is 28.0 Å². The molecule has 3 aromatic rings. The highest BCUT2D eigenvalue weighted by Crippen LogP contribution is 2.35. The molecule has 10 atom stereocenters. The molecule has 20 heteroatoms. The van der Waals surface area contributed by atoms with Crippen LogP contribution in [0.5, 0.6) is 0 Å². The monoisotopic (exact) mass is 942 g/mol. The first-order valence-electron chi connectivity index (χ1n) is 21.9. The van der Waals surface area contributed by atoms with Gasteiger partial charge in [-0.3, -0.25) is 38.4 Å². The molecule has 0 saturated carbocycles. The van der Waals surface area contributed by atoms with Gasteiger partial charge in [0.2, 0.25) is 23.6 Å². The Morgan fingerprint density at radius 1 is 0.576 bits per heavy atom. The first-order chi connectivity index (χ1) is 31.6. The highest BCUT2D eigenvalue weighted by molar-refractivity contribution is 8.77. The van der Waals surface area contributed by atoms with Gasteiger partial charge in [-0.25, -0.2) is 0 Å². The predicted octanol–water partition coefficient (Wildman–Crippen LogP) is 1.34. The van der Waals surface area contributed by atoms with Crippen LogP contribution in [0.3, 0.4) is 0 Å². The van der Waals surface area contributed by atoms with E-state index in [0.29, 0.717) is 0 Å². The summed E-state index contributed by atoms with van der Waals surface area (Å²) in [5, 5.41) is 20.2. The van der Waals surface area contributed by atoms with E-state index in [0.717, 1.165) is 32.7 Å². The zero-order valence-corrected chi connectivity index (χ0v) is 39.3. The quantitative estimate of drug-likeness (QED) is 0.120. The highest BCUT2D eigenvalue weighted by Gasteiger charge is 2.46. The molecule has 2 fully saturated rings. The van der Waals surface area contributed by atoms with E-state index >= 15 is 0 Å². The summed E-state index contributed by atoms with van der Waals surface area (Å²) < 4.78 is 0. The molecule has 3 aliphatic heterocycles. The lowest BCUT2D eigenvalue weighted by molar-refractivity contribution is -0.139. The minimum absolute atomic E-state index is 0.0124. The maximum absolute atomic E-state index is 14.9. The number of carbonyl (C=O) groups is 8. The lowest BCUT2D eigenvalue weighted by Gasteiger charge is -2.31. The largest absolute Gasteiger partial charge is 0.348 e. The summed E-state index contributed by atoms with van der Waals surface area (Å²) in [4.78, 5) is 116. The third kappa shape index (κ3) is 12.1. The minimum atomic E-state index is -1.43. The molecule has 0 aromatic heterocycles. The minimum Gasteiger partial charge on any atom is -0.348 e. The summed E-state index contributed by atoms with van der Waals surface area (Å²) >= 11 is 0. The van der Waals surface area contributed by atoms with E-state index in [1.807, 2.05) is 60.7 Å². The summed E-state index contributed by atoms with van der Waals surface area (Å²) in [6, 6.07) is 18.4. The molecule has 8 amide bonds. The third-order valence-electron chi connectivity index (χ3n) is 12.0. The van der Waals surface area contributed by atoms with Gasteiger partial charge < -0.3 is 52.3 Å². The van der Waals surface area contributed by atoms with Gasteiger partial charge in [-0.15, -0.1) is 0 Å². The Bertz CT molecular complexity index is 2120. The Labute approximate surface area is 392 Å². The topological polar surface area (TPSA) is 239 Å². The Hall–Kier alpha value is -5.96. The number of hydrogen-bond donors (Lipinski definition) is 8. The van der Waals surface area contributed by atoms with Crippen LogP contribution < -0.4 is 42.5 Å². The second-order valence-corrected chi connectivity index (χ2v) is 19.2. The lowest BCUT2D eigenvalue weighted by atomic mass is 10.1. The second-order valence-electron chi connectivity index (χ2n) is 16.7. The van der Waals surface area contributed by atoms with Crippen LogP contribution in [0.1, 0.15) is 84.5 Å². The number of rotatable bonds is 12. The van der Waals surface area contributed by atoms with Gasteiger partial charge >= 0.3 is 0 Å². The van der Waals surface area contributed by atoms with Crippen LogP contribution >= 0.6 is 21.6 Å². The Morgan fingerprint density at radius 2 is 0.955 bits per heavy atom. The Morgan fingerprint density at radius 3 is 1.32 bits per heavy atom. The van der Waals surface area contributed by atoms with Crippen LogP contribution in [0.15, 0.2) is 84.9 Å². The summed E-state index contributed by atoms with van der Waals surface area (Å²) in [5.74, 6) is -4.62. The molecule has 66 heavy (non-hydrogen) atoms. The van der Waals surface area contributed by atoms with Crippen molar-refractivity contribution in [2.24, 2.45) is 0 Å². The highest BCUT2D eigenvalue weighted by atomic mass is 33.1. The molecule has 3 heterocycles. The van der Waals surface area contributed by atoms with Gasteiger partial charge in [0, 0.05) is 36.3 Å². The summed E-state index contributed by atoms with van der Waals surface area (Å²) in [6.45, 7) is 6.54. The molecule has 0 spiro atoms. The first kappa shape index (κ1) is 49.5. The van der Waals surface area contributed by atoms with Gasteiger partial charge in [0.15, 0.2) is 10.7 Å². The van der Waals surface area contributed by atoms with Crippen molar-refractivity contribution in [2.45, 2.75) is 99.6 Å². The van der Waals surface area contributed by atoms with Crippen molar-refractivity contribution in [1.29, 1.82) is 0 Å². The van der Waals surface area contributed by atoms with Gasteiger partial charge in [0.05, 0.1) is 24.2 Å². The van der Waals surface area contributed by atoms with E-state index < -0.39 is 106 Å². The van der Waals surface area contributed by atoms with Gasteiger partial charge in [-0.1, -0.05) is 88.3 Å². The smallest absolute Gasteiger partial charge is 0.257 e.